The number of alkyl halides is 1. The van der Waals surface area contributed by atoms with Gasteiger partial charge in [0, 0.05) is 0 Å². The van der Waals surface area contributed by atoms with Crippen molar-refractivity contribution >= 4 is 28.9 Å². The summed E-state index contributed by atoms with van der Waals surface area (Å²) in [4.78, 5) is 11.7. The summed E-state index contributed by atoms with van der Waals surface area (Å²) in [6.45, 7) is 0. The number of nitrogens with zero attached hydrogens (tertiary/aromatic N) is 1. The molecule has 0 atom stereocenters. The SMILES string of the molecule is O=C(CCl)NN1c2ccccc2CCc2ccccc21. The first-order chi connectivity index (χ1) is 9.79. The van der Waals surface area contributed by atoms with Crippen LogP contribution in [-0.2, 0) is 17.6 Å². The van der Waals surface area contributed by atoms with Crippen molar-refractivity contribution in [1.82, 2.24) is 5.43 Å². The molecular weight excluding hydrogens is 272 g/mol. The van der Waals surface area contributed by atoms with Crippen LogP contribution in [0.1, 0.15) is 11.1 Å². The Morgan fingerprint density at radius 2 is 1.50 bits per heavy atom. The van der Waals surface area contributed by atoms with Crippen LogP contribution in [0.4, 0.5) is 11.4 Å². The van der Waals surface area contributed by atoms with E-state index in [-0.39, 0.29) is 11.8 Å². The third-order valence-electron chi connectivity index (χ3n) is 3.49. The molecule has 0 fully saturated rings. The molecule has 0 radical (unpaired) electrons. The van der Waals surface area contributed by atoms with E-state index < -0.39 is 0 Å². The lowest BCUT2D eigenvalue weighted by Crippen LogP contribution is -2.40. The molecule has 0 aromatic heterocycles. The van der Waals surface area contributed by atoms with Crippen molar-refractivity contribution in [2.45, 2.75) is 12.8 Å². The summed E-state index contributed by atoms with van der Waals surface area (Å²) in [6.07, 6.45) is 1.92. The number of hydrogen-bond donors (Lipinski definition) is 1. The third-order valence-corrected chi connectivity index (χ3v) is 3.73. The number of halogens is 1. The second kappa shape index (κ2) is 5.55. The number of rotatable bonds is 2. The van der Waals surface area contributed by atoms with Crippen LogP contribution in [0.2, 0.25) is 0 Å². The highest BCUT2D eigenvalue weighted by molar-refractivity contribution is 6.27. The maximum atomic E-state index is 11.7. The molecule has 3 rings (SSSR count). The summed E-state index contributed by atoms with van der Waals surface area (Å²) in [7, 11) is 0. The van der Waals surface area contributed by atoms with Crippen LogP contribution in [0.25, 0.3) is 0 Å². The standard InChI is InChI=1S/C16H15ClN2O/c17-11-16(20)18-19-14-7-3-1-5-12(14)9-10-13-6-2-4-8-15(13)19/h1-8H,9-11H2,(H,18,20). The monoisotopic (exact) mass is 286 g/mol. The minimum Gasteiger partial charge on any atom is -0.272 e. The Hall–Kier alpha value is -2.00. The number of benzene rings is 2. The first-order valence-electron chi connectivity index (χ1n) is 6.61. The van der Waals surface area contributed by atoms with Crippen LogP contribution in [0.3, 0.4) is 0 Å². The van der Waals surface area contributed by atoms with E-state index in [1.807, 2.05) is 41.4 Å². The molecule has 3 nitrogen and oxygen atoms in total. The van der Waals surface area contributed by atoms with Gasteiger partial charge < -0.3 is 0 Å². The van der Waals surface area contributed by atoms with Gasteiger partial charge in [-0.05, 0) is 36.1 Å². The minimum absolute atomic E-state index is 0.0547. The molecule has 20 heavy (non-hydrogen) atoms. The second-order valence-corrected chi connectivity index (χ2v) is 5.03. The Balaban J connectivity index is 2.11. The minimum atomic E-state index is -0.210. The van der Waals surface area contributed by atoms with E-state index in [1.54, 1.807) is 0 Å². The first-order valence-corrected chi connectivity index (χ1v) is 7.14. The van der Waals surface area contributed by atoms with Gasteiger partial charge in [-0.15, -0.1) is 11.6 Å². The number of nitrogens with one attached hydrogen (secondary N) is 1. The number of anilines is 2. The lowest BCUT2D eigenvalue weighted by molar-refractivity contribution is -0.118. The van der Waals surface area contributed by atoms with Crippen LogP contribution in [0.5, 0.6) is 0 Å². The van der Waals surface area contributed by atoms with Crippen LogP contribution >= 0.6 is 11.6 Å². The molecule has 1 aliphatic rings. The number of amides is 1. The van der Waals surface area contributed by atoms with E-state index in [0.717, 1.165) is 24.2 Å². The Labute approximate surface area is 123 Å². The zero-order chi connectivity index (χ0) is 13.9. The zero-order valence-corrected chi connectivity index (χ0v) is 11.7. The molecule has 2 aromatic rings. The molecule has 1 amide bonds. The van der Waals surface area contributed by atoms with E-state index >= 15 is 0 Å². The summed E-state index contributed by atoms with van der Waals surface area (Å²) in [5, 5.41) is 1.85. The molecule has 1 heterocycles. The molecule has 102 valence electrons. The van der Waals surface area contributed by atoms with Crippen LogP contribution in [0.15, 0.2) is 48.5 Å². The van der Waals surface area contributed by atoms with Crippen molar-refractivity contribution < 1.29 is 4.79 Å². The molecule has 1 N–H and O–H groups in total. The molecular formula is C16H15ClN2O. The maximum absolute atomic E-state index is 11.7. The van der Waals surface area contributed by atoms with Crippen molar-refractivity contribution in [2.75, 3.05) is 10.9 Å². The lowest BCUT2D eigenvalue weighted by atomic mass is 10.0. The molecule has 0 spiro atoms. The Kier molecular flexibility index (Phi) is 3.61. The summed E-state index contributed by atoms with van der Waals surface area (Å²) in [5.74, 6) is -0.265. The molecule has 0 unspecified atom stereocenters. The quantitative estimate of drug-likeness (QED) is 0.860. The highest BCUT2D eigenvalue weighted by Crippen LogP contribution is 2.34. The van der Waals surface area contributed by atoms with Gasteiger partial charge in [-0.25, -0.2) is 0 Å². The molecule has 4 heteroatoms. The van der Waals surface area contributed by atoms with Gasteiger partial charge in [-0.2, -0.15) is 0 Å². The topological polar surface area (TPSA) is 32.3 Å². The maximum Gasteiger partial charge on any atom is 0.253 e. The fourth-order valence-electron chi connectivity index (χ4n) is 2.55. The zero-order valence-electron chi connectivity index (χ0n) is 11.0. The predicted molar refractivity (Wildman–Crippen MR) is 81.3 cm³/mol. The van der Waals surface area contributed by atoms with E-state index in [4.69, 9.17) is 11.6 Å². The number of carbonyl (C=O) groups excluding carboxylic acids is 1. The van der Waals surface area contributed by atoms with Gasteiger partial charge in [0.15, 0.2) is 0 Å². The van der Waals surface area contributed by atoms with Gasteiger partial charge in [-0.3, -0.25) is 15.2 Å². The highest BCUT2D eigenvalue weighted by Gasteiger charge is 2.21. The Bertz CT molecular complexity index is 594. The average Bonchev–Trinajstić information content (AvgIpc) is 2.65. The van der Waals surface area contributed by atoms with Gasteiger partial charge in [0.25, 0.3) is 5.91 Å². The predicted octanol–water partition coefficient (Wildman–Crippen LogP) is 3.19. The van der Waals surface area contributed by atoms with Crippen molar-refractivity contribution in [3.63, 3.8) is 0 Å². The van der Waals surface area contributed by atoms with E-state index in [9.17, 15) is 4.79 Å². The van der Waals surface area contributed by atoms with Gasteiger partial charge in [0.2, 0.25) is 0 Å². The Morgan fingerprint density at radius 1 is 1.00 bits per heavy atom. The van der Waals surface area contributed by atoms with Crippen molar-refractivity contribution in [3.05, 3.63) is 59.7 Å². The molecule has 1 aliphatic heterocycles. The van der Waals surface area contributed by atoms with Gasteiger partial charge >= 0.3 is 0 Å². The fourth-order valence-corrected chi connectivity index (χ4v) is 2.61. The average molecular weight is 287 g/mol. The molecule has 0 bridgehead atoms. The number of para-hydroxylation sites is 2. The summed E-state index contributed by atoms with van der Waals surface area (Å²) in [5.41, 5.74) is 7.35. The number of hydrazine groups is 1. The normalized spacial score (nSPS) is 13.2. The van der Waals surface area contributed by atoms with Crippen LogP contribution in [0, 0.1) is 0 Å². The summed E-state index contributed by atoms with van der Waals surface area (Å²) < 4.78 is 0. The molecule has 0 saturated carbocycles. The number of carbonyl (C=O) groups is 1. The summed E-state index contributed by atoms with van der Waals surface area (Å²) in [6, 6.07) is 16.2. The van der Waals surface area contributed by atoms with E-state index in [1.165, 1.54) is 11.1 Å². The highest BCUT2D eigenvalue weighted by atomic mass is 35.5. The van der Waals surface area contributed by atoms with Crippen LogP contribution < -0.4 is 10.4 Å². The fraction of sp³-hybridized carbons (Fsp3) is 0.188. The van der Waals surface area contributed by atoms with Gasteiger partial charge in [0.1, 0.15) is 5.88 Å². The number of hydrogen-bond acceptors (Lipinski definition) is 2. The smallest absolute Gasteiger partial charge is 0.253 e. The molecule has 0 aliphatic carbocycles. The van der Waals surface area contributed by atoms with Gasteiger partial charge in [0.05, 0.1) is 11.4 Å². The van der Waals surface area contributed by atoms with E-state index in [2.05, 4.69) is 17.6 Å². The first kappa shape index (κ1) is 13.0. The number of fused-ring (bicyclic) bond motifs is 2. The van der Waals surface area contributed by atoms with Crippen molar-refractivity contribution in [2.24, 2.45) is 0 Å². The van der Waals surface area contributed by atoms with Crippen LogP contribution in [-0.4, -0.2) is 11.8 Å². The molecule has 0 saturated heterocycles. The molecule has 2 aromatic carbocycles. The van der Waals surface area contributed by atoms with Gasteiger partial charge in [-0.1, -0.05) is 36.4 Å². The second-order valence-electron chi connectivity index (χ2n) is 4.76. The largest absolute Gasteiger partial charge is 0.272 e. The number of aryl methyl sites for hydroxylation is 2. The Morgan fingerprint density at radius 3 is 2.00 bits per heavy atom. The lowest BCUT2D eigenvalue weighted by Gasteiger charge is -2.26. The van der Waals surface area contributed by atoms with Crippen molar-refractivity contribution in [3.8, 4) is 0 Å². The third kappa shape index (κ3) is 2.37. The summed E-state index contributed by atoms with van der Waals surface area (Å²) >= 11 is 5.63. The van der Waals surface area contributed by atoms with E-state index in [0.29, 0.717) is 0 Å². The van der Waals surface area contributed by atoms with Crippen molar-refractivity contribution in [1.29, 1.82) is 0 Å².